The molecule has 4 rings (SSSR count). The highest BCUT2D eigenvalue weighted by molar-refractivity contribution is 6.29. The number of allylic oxidation sites excluding steroid dienone is 4. The Kier molecular flexibility index (Phi) is 2.27. The largest absolute Gasteiger partial charge is 0.289 e. The zero-order valence-electron chi connectivity index (χ0n) is 10.7. The molecule has 2 aromatic carbocycles. The maximum Gasteiger partial charge on any atom is 0.194 e. The van der Waals surface area contributed by atoms with Gasteiger partial charge in [0.15, 0.2) is 11.6 Å². The van der Waals surface area contributed by atoms with Crippen molar-refractivity contribution in [1.29, 1.82) is 0 Å². The SMILES string of the molecule is O=C1C2=C(C[CH]C=C2)C(=O)c2cc3ccccc3cc21. The molecule has 2 aliphatic rings. The maximum atomic E-state index is 12.6. The summed E-state index contributed by atoms with van der Waals surface area (Å²) in [6.45, 7) is 0. The van der Waals surface area contributed by atoms with Gasteiger partial charge in [-0.15, -0.1) is 0 Å². The van der Waals surface area contributed by atoms with Crippen molar-refractivity contribution >= 4 is 22.3 Å². The Bertz CT molecular complexity index is 838. The predicted octanol–water partition coefficient (Wildman–Crippen LogP) is 3.68. The highest BCUT2D eigenvalue weighted by Gasteiger charge is 2.31. The molecule has 0 atom stereocenters. The van der Waals surface area contributed by atoms with E-state index in [1.54, 1.807) is 6.08 Å². The van der Waals surface area contributed by atoms with Gasteiger partial charge in [-0.3, -0.25) is 9.59 Å². The van der Waals surface area contributed by atoms with Gasteiger partial charge in [0.1, 0.15) is 0 Å². The maximum absolute atomic E-state index is 12.6. The predicted molar refractivity (Wildman–Crippen MR) is 77.7 cm³/mol. The molecule has 0 saturated carbocycles. The molecule has 2 heteroatoms. The lowest BCUT2D eigenvalue weighted by Gasteiger charge is -2.21. The van der Waals surface area contributed by atoms with Gasteiger partial charge in [-0.2, -0.15) is 0 Å². The lowest BCUT2D eigenvalue weighted by Crippen LogP contribution is -2.22. The first kappa shape index (κ1) is 11.4. The van der Waals surface area contributed by atoms with E-state index >= 15 is 0 Å². The van der Waals surface area contributed by atoms with Gasteiger partial charge in [0.25, 0.3) is 0 Å². The van der Waals surface area contributed by atoms with E-state index in [1.165, 1.54) is 0 Å². The second-order valence-corrected chi connectivity index (χ2v) is 5.09. The van der Waals surface area contributed by atoms with E-state index in [1.807, 2.05) is 48.9 Å². The number of carbonyl (C=O) groups is 2. The zero-order chi connectivity index (χ0) is 13.7. The average Bonchev–Trinajstić information content (AvgIpc) is 2.51. The molecular formula is C18H11O2. The summed E-state index contributed by atoms with van der Waals surface area (Å²) >= 11 is 0. The first-order valence-corrected chi connectivity index (χ1v) is 6.61. The van der Waals surface area contributed by atoms with E-state index in [9.17, 15) is 9.59 Å². The Morgan fingerprint density at radius 2 is 1.50 bits per heavy atom. The summed E-state index contributed by atoms with van der Waals surface area (Å²) < 4.78 is 0. The van der Waals surface area contributed by atoms with Crippen LogP contribution in [0.1, 0.15) is 27.1 Å². The molecule has 0 fully saturated rings. The summed E-state index contributed by atoms with van der Waals surface area (Å²) in [7, 11) is 0. The molecule has 0 unspecified atom stereocenters. The van der Waals surface area contributed by atoms with E-state index in [0.29, 0.717) is 28.7 Å². The molecule has 0 amide bonds. The molecular weight excluding hydrogens is 248 g/mol. The van der Waals surface area contributed by atoms with Crippen molar-refractivity contribution in [2.24, 2.45) is 0 Å². The van der Waals surface area contributed by atoms with Gasteiger partial charge in [-0.25, -0.2) is 0 Å². The fraction of sp³-hybridized carbons (Fsp3) is 0.0556. The highest BCUT2D eigenvalue weighted by atomic mass is 16.1. The molecule has 0 saturated heterocycles. The lowest BCUT2D eigenvalue weighted by molar-refractivity contribution is 0.0975. The zero-order valence-corrected chi connectivity index (χ0v) is 10.7. The van der Waals surface area contributed by atoms with Gasteiger partial charge in [0, 0.05) is 22.3 Å². The monoisotopic (exact) mass is 259 g/mol. The van der Waals surface area contributed by atoms with Crippen LogP contribution in [0, 0.1) is 6.42 Å². The van der Waals surface area contributed by atoms with Crippen molar-refractivity contribution < 1.29 is 9.59 Å². The van der Waals surface area contributed by atoms with Crippen molar-refractivity contribution in [2.75, 3.05) is 0 Å². The molecule has 20 heavy (non-hydrogen) atoms. The molecule has 2 aromatic rings. The second kappa shape index (κ2) is 4.01. The summed E-state index contributed by atoms with van der Waals surface area (Å²) in [6, 6.07) is 11.5. The summed E-state index contributed by atoms with van der Waals surface area (Å²) in [5, 5.41) is 1.98. The van der Waals surface area contributed by atoms with Crippen LogP contribution in [0.5, 0.6) is 0 Å². The molecule has 0 spiro atoms. The van der Waals surface area contributed by atoms with E-state index in [4.69, 9.17) is 0 Å². The third-order valence-electron chi connectivity index (χ3n) is 3.94. The molecule has 0 aliphatic heterocycles. The number of hydrogen-bond donors (Lipinski definition) is 0. The molecule has 2 nitrogen and oxygen atoms in total. The Labute approximate surface area is 116 Å². The fourth-order valence-corrected chi connectivity index (χ4v) is 2.91. The van der Waals surface area contributed by atoms with Crippen LogP contribution in [0.3, 0.4) is 0 Å². The minimum atomic E-state index is -0.0373. The van der Waals surface area contributed by atoms with E-state index in [-0.39, 0.29) is 11.6 Å². The van der Waals surface area contributed by atoms with Gasteiger partial charge >= 0.3 is 0 Å². The van der Waals surface area contributed by atoms with Crippen molar-refractivity contribution in [3.63, 3.8) is 0 Å². The van der Waals surface area contributed by atoms with E-state index in [0.717, 1.165) is 10.8 Å². The Morgan fingerprint density at radius 3 is 2.20 bits per heavy atom. The summed E-state index contributed by atoms with van der Waals surface area (Å²) in [6.07, 6.45) is 6.05. The van der Waals surface area contributed by atoms with Crippen LogP contribution >= 0.6 is 0 Å². The van der Waals surface area contributed by atoms with Gasteiger partial charge in [0.2, 0.25) is 0 Å². The molecule has 1 radical (unpaired) electrons. The minimum Gasteiger partial charge on any atom is -0.289 e. The number of benzene rings is 2. The molecule has 0 N–H and O–H groups in total. The second-order valence-electron chi connectivity index (χ2n) is 5.09. The molecule has 95 valence electrons. The van der Waals surface area contributed by atoms with Crippen molar-refractivity contribution in [1.82, 2.24) is 0 Å². The average molecular weight is 259 g/mol. The third-order valence-corrected chi connectivity index (χ3v) is 3.94. The topological polar surface area (TPSA) is 34.1 Å². The fourth-order valence-electron chi connectivity index (χ4n) is 2.91. The summed E-state index contributed by atoms with van der Waals surface area (Å²) in [4.78, 5) is 25.1. The number of fused-ring (bicyclic) bond motifs is 2. The number of hydrogen-bond acceptors (Lipinski definition) is 2. The third kappa shape index (κ3) is 1.45. The Hall–Kier alpha value is -2.48. The Balaban J connectivity index is 2.03. The normalized spacial score (nSPS) is 17.4. The van der Waals surface area contributed by atoms with Gasteiger partial charge in [-0.1, -0.05) is 36.4 Å². The van der Waals surface area contributed by atoms with Crippen LogP contribution in [0.4, 0.5) is 0 Å². The van der Waals surface area contributed by atoms with Crippen LogP contribution in [0.15, 0.2) is 59.7 Å². The molecule has 0 bridgehead atoms. The van der Waals surface area contributed by atoms with E-state index in [2.05, 4.69) is 0 Å². The number of carbonyl (C=O) groups excluding carboxylic acids is 2. The Morgan fingerprint density at radius 1 is 0.850 bits per heavy atom. The quantitative estimate of drug-likeness (QED) is 0.723. The summed E-state index contributed by atoms with van der Waals surface area (Å²) in [5.41, 5.74) is 2.25. The number of rotatable bonds is 0. The first-order valence-electron chi connectivity index (χ1n) is 6.61. The summed E-state index contributed by atoms with van der Waals surface area (Å²) in [5.74, 6) is -0.0503. The van der Waals surface area contributed by atoms with Crippen LogP contribution in [0.2, 0.25) is 0 Å². The van der Waals surface area contributed by atoms with Crippen molar-refractivity contribution in [2.45, 2.75) is 6.42 Å². The van der Waals surface area contributed by atoms with Crippen LogP contribution in [0.25, 0.3) is 10.8 Å². The van der Waals surface area contributed by atoms with E-state index < -0.39 is 0 Å². The standard InChI is InChI=1S/C18H11O2/c19-17-13-7-3-4-8-14(13)18(20)16-10-12-6-2-1-5-11(12)9-15(16)17/h1-7,9-10H,8H2. The van der Waals surface area contributed by atoms with Crippen molar-refractivity contribution in [3.8, 4) is 0 Å². The van der Waals surface area contributed by atoms with Gasteiger partial charge < -0.3 is 0 Å². The number of Topliss-reactive ketones (excluding diaryl/α,β-unsaturated/α-hetero) is 2. The minimum absolute atomic E-state index is 0.0130. The van der Waals surface area contributed by atoms with Crippen molar-refractivity contribution in [3.05, 3.63) is 77.2 Å². The van der Waals surface area contributed by atoms with Gasteiger partial charge in [-0.05, 0) is 35.7 Å². The smallest absolute Gasteiger partial charge is 0.194 e. The number of ketones is 2. The van der Waals surface area contributed by atoms with Crippen LogP contribution in [-0.2, 0) is 0 Å². The molecule has 0 heterocycles. The van der Waals surface area contributed by atoms with Crippen LogP contribution in [-0.4, -0.2) is 11.6 Å². The molecule has 2 aliphatic carbocycles. The lowest BCUT2D eigenvalue weighted by atomic mass is 9.79. The van der Waals surface area contributed by atoms with Gasteiger partial charge in [0.05, 0.1) is 0 Å². The molecule has 0 aromatic heterocycles. The highest BCUT2D eigenvalue weighted by Crippen LogP contribution is 2.33. The van der Waals surface area contributed by atoms with Crippen LogP contribution < -0.4 is 0 Å². The first-order chi connectivity index (χ1) is 9.75.